The number of nitrogens with one attached hydrogen (secondary N) is 1. The Labute approximate surface area is 187 Å². The van der Waals surface area contributed by atoms with Crippen LogP contribution in [0.4, 0.5) is 0 Å². The van der Waals surface area contributed by atoms with Crippen LogP contribution in [0.15, 0.2) is 77.7 Å². The number of nitrogens with zero attached hydrogens (tertiary/aromatic N) is 2. The van der Waals surface area contributed by atoms with Gasteiger partial charge in [0.25, 0.3) is 0 Å². The fraction of sp³-hybridized carbons (Fsp3) is 0.167. The van der Waals surface area contributed by atoms with E-state index in [0.29, 0.717) is 19.0 Å². The van der Waals surface area contributed by atoms with E-state index in [1.807, 2.05) is 49.5 Å². The zero-order valence-electron chi connectivity index (χ0n) is 17.2. The number of nitrogens with two attached hydrogens (primary N) is 1. The van der Waals surface area contributed by atoms with E-state index in [1.54, 1.807) is 18.7 Å². The quantitative estimate of drug-likeness (QED) is 0.394. The predicted octanol–water partition coefficient (Wildman–Crippen LogP) is 4.55. The van der Waals surface area contributed by atoms with Gasteiger partial charge in [-0.3, -0.25) is 0 Å². The Kier molecular flexibility index (Phi) is 7.78. The van der Waals surface area contributed by atoms with Crippen LogP contribution in [-0.2, 0) is 6.54 Å². The summed E-state index contributed by atoms with van der Waals surface area (Å²) in [6.45, 7) is 1.76. The molecule has 0 atom stereocenters. The molecule has 0 aliphatic rings. The van der Waals surface area contributed by atoms with E-state index in [9.17, 15) is 0 Å². The van der Waals surface area contributed by atoms with Crippen LogP contribution in [0.2, 0.25) is 0 Å². The van der Waals surface area contributed by atoms with E-state index in [1.165, 1.54) is 0 Å². The second-order valence-electron chi connectivity index (χ2n) is 6.85. The molecule has 31 heavy (non-hydrogen) atoms. The van der Waals surface area contributed by atoms with E-state index in [2.05, 4.69) is 22.4 Å². The van der Waals surface area contributed by atoms with E-state index in [-0.39, 0.29) is 12.4 Å². The molecule has 0 aliphatic heterocycles. The van der Waals surface area contributed by atoms with Crippen molar-refractivity contribution in [1.82, 2.24) is 15.3 Å². The standard InChI is InChI=1S/C24H24N4O2.ClH/c1-26-11-13-30-22-15-27-23(19-4-2-17(14-25)3-5-19)24(28-22)20-8-6-18(7-9-20)21-10-12-29-16-21;/h2-10,12,15-16,26H,11,13-14,25H2,1H3;1H. The Morgan fingerprint density at radius 1 is 0.903 bits per heavy atom. The van der Waals surface area contributed by atoms with E-state index < -0.39 is 0 Å². The first-order chi connectivity index (χ1) is 14.8. The molecule has 0 bridgehead atoms. The molecule has 0 unspecified atom stereocenters. The maximum absolute atomic E-state index is 5.75. The Morgan fingerprint density at radius 3 is 2.23 bits per heavy atom. The third-order valence-corrected chi connectivity index (χ3v) is 4.83. The molecule has 7 heteroatoms. The summed E-state index contributed by atoms with van der Waals surface area (Å²) in [5, 5.41) is 3.06. The largest absolute Gasteiger partial charge is 0.475 e. The van der Waals surface area contributed by atoms with Gasteiger partial charge < -0.3 is 20.2 Å². The molecular weight excluding hydrogens is 412 g/mol. The van der Waals surface area contributed by atoms with Crippen LogP contribution in [0.3, 0.4) is 0 Å². The Bertz CT molecular complexity index is 1080. The number of ether oxygens (including phenoxy) is 1. The number of benzene rings is 2. The molecular formula is C24H25ClN4O2. The maximum atomic E-state index is 5.75. The number of likely N-dealkylation sites (N-methyl/N-ethyl adjacent to an activating group) is 1. The lowest BCUT2D eigenvalue weighted by Gasteiger charge is -2.12. The minimum absolute atomic E-state index is 0. The second kappa shape index (κ2) is 10.7. The predicted molar refractivity (Wildman–Crippen MR) is 125 cm³/mol. The summed E-state index contributed by atoms with van der Waals surface area (Å²) in [5.41, 5.74) is 12.4. The molecule has 4 rings (SSSR count). The van der Waals surface area contributed by atoms with Crippen LogP contribution in [0.25, 0.3) is 33.6 Å². The molecule has 2 aromatic carbocycles. The number of halogens is 1. The van der Waals surface area contributed by atoms with Gasteiger partial charge >= 0.3 is 0 Å². The Hall–Kier alpha value is -3.19. The van der Waals surface area contributed by atoms with Gasteiger partial charge in [-0.05, 0) is 24.2 Å². The van der Waals surface area contributed by atoms with E-state index >= 15 is 0 Å². The van der Waals surface area contributed by atoms with Gasteiger partial charge in [0.15, 0.2) is 0 Å². The maximum Gasteiger partial charge on any atom is 0.232 e. The van der Waals surface area contributed by atoms with Crippen molar-refractivity contribution in [2.75, 3.05) is 20.2 Å². The molecule has 0 saturated carbocycles. The summed E-state index contributed by atoms with van der Waals surface area (Å²) in [6.07, 6.45) is 5.07. The van der Waals surface area contributed by atoms with Crippen molar-refractivity contribution in [3.05, 3.63) is 78.9 Å². The molecule has 2 heterocycles. The van der Waals surface area contributed by atoms with Crippen LogP contribution in [0, 0.1) is 0 Å². The summed E-state index contributed by atoms with van der Waals surface area (Å²) >= 11 is 0. The molecule has 3 N–H and O–H groups in total. The zero-order chi connectivity index (χ0) is 20.8. The lowest BCUT2D eigenvalue weighted by atomic mass is 10.0. The monoisotopic (exact) mass is 436 g/mol. The fourth-order valence-electron chi connectivity index (χ4n) is 3.16. The summed E-state index contributed by atoms with van der Waals surface area (Å²) < 4.78 is 10.9. The van der Waals surface area contributed by atoms with Crippen molar-refractivity contribution in [1.29, 1.82) is 0 Å². The first-order valence-electron chi connectivity index (χ1n) is 9.85. The summed E-state index contributed by atoms with van der Waals surface area (Å²) in [4.78, 5) is 9.45. The Balaban J connectivity index is 0.00000272. The van der Waals surface area contributed by atoms with E-state index in [0.717, 1.165) is 45.7 Å². The minimum Gasteiger partial charge on any atom is -0.475 e. The molecule has 4 aromatic rings. The fourth-order valence-corrected chi connectivity index (χ4v) is 3.16. The average molecular weight is 437 g/mol. The van der Waals surface area contributed by atoms with Crippen molar-refractivity contribution in [2.45, 2.75) is 6.54 Å². The van der Waals surface area contributed by atoms with Gasteiger partial charge in [-0.2, -0.15) is 0 Å². The normalized spacial score (nSPS) is 10.5. The zero-order valence-corrected chi connectivity index (χ0v) is 18.1. The Morgan fingerprint density at radius 2 is 1.58 bits per heavy atom. The van der Waals surface area contributed by atoms with Crippen molar-refractivity contribution in [3.8, 4) is 39.5 Å². The lowest BCUT2D eigenvalue weighted by Crippen LogP contribution is -2.16. The number of rotatable bonds is 8. The highest BCUT2D eigenvalue weighted by molar-refractivity contribution is 5.85. The minimum atomic E-state index is 0. The molecule has 0 spiro atoms. The van der Waals surface area contributed by atoms with Gasteiger partial charge in [-0.1, -0.05) is 48.5 Å². The second-order valence-corrected chi connectivity index (χ2v) is 6.85. The van der Waals surface area contributed by atoms with Crippen molar-refractivity contribution in [2.24, 2.45) is 5.73 Å². The average Bonchev–Trinajstić information content (AvgIpc) is 3.34. The summed E-state index contributed by atoms with van der Waals surface area (Å²) in [7, 11) is 1.89. The molecule has 0 radical (unpaired) electrons. The van der Waals surface area contributed by atoms with E-state index in [4.69, 9.17) is 19.9 Å². The first kappa shape index (κ1) is 22.5. The molecule has 0 fully saturated rings. The van der Waals surface area contributed by atoms with Crippen molar-refractivity contribution in [3.63, 3.8) is 0 Å². The van der Waals surface area contributed by atoms with Crippen LogP contribution >= 0.6 is 12.4 Å². The van der Waals surface area contributed by atoms with Crippen molar-refractivity contribution >= 4 is 12.4 Å². The molecule has 0 aliphatic carbocycles. The number of aromatic nitrogens is 2. The molecule has 0 amide bonds. The summed E-state index contributed by atoms with van der Waals surface area (Å²) in [6, 6.07) is 18.2. The number of hydrogen-bond donors (Lipinski definition) is 2. The highest BCUT2D eigenvalue weighted by Gasteiger charge is 2.14. The third-order valence-electron chi connectivity index (χ3n) is 4.83. The highest BCUT2D eigenvalue weighted by atomic mass is 35.5. The highest BCUT2D eigenvalue weighted by Crippen LogP contribution is 2.32. The molecule has 0 saturated heterocycles. The van der Waals surface area contributed by atoms with Gasteiger partial charge in [0.2, 0.25) is 5.88 Å². The van der Waals surface area contributed by atoms with Crippen LogP contribution < -0.4 is 15.8 Å². The van der Waals surface area contributed by atoms with Gasteiger partial charge in [0.05, 0.1) is 24.4 Å². The smallest absolute Gasteiger partial charge is 0.232 e. The number of hydrogen-bond acceptors (Lipinski definition) is 6. The SMILES string of the molecule is CNCCOc1cnc(-c2ccc(CN)cc2)c(-c2ccc(-c3ccoc3)cc2)n1.Cl. The van der Waals surface area contributed by atoms with Gasteiger partial charge in [-0.15, -0.1) is 12.4 Å². The third kappa shape index (κ3) is 5.30. The van der Waals surface area contributed by atoms with Gasteiger partial charge in [-0.25, -0.2) is 9.97 Å². The van der Waals surface area contributed by atoms with Crippen LogP contribution in [-0.4, -0.2) is 30.2 Å². The van der Waals surface area contributed by atoms with Crippen LogP contribution in [0.5, 0.6) is 5.88 Å². The van der Waals surface area contributed by atoms with Gasteiger partial charge in [0, 0.05) is 29.8 Å². The molecule has 160 valence electrons. The lowest BCUT2D eigenvalue weighted by molar-refractivity contribution is 0.305. The topological polar surface area (TPSA) is 86.2 Å². The summed E-state index contributed by atoms with van der Waals surface area (Å²) in [5.74, 6) is 0.501. The van der Waals surface area contributed by atoms with Gasteiger partial charge in [0.1, 0.15) is 12.3 Å². The molecule has 6 nitrogen and oxygen atoms in total. The first-order valence-corrected chi connectivity index (χ1v) is 9.85. The van der Waals surface area contributed by atoms with Crippen molar-refractivity contribution < 1.29 is 9.15 Å². The molecule has 2 aromatic heterocycles. The van der Waals surface area contributed by atoms with Crippen LogP contribution in [0.1, 0.15) is 5.56 Å². The number of furan rings is 1.